The average molecular weight is 360 g/mol. The fourth-order valence-electron chi connectivity index (χ4n) is 3.20. The van der Waals surface area contributed by atoms with Gasteiger partial charge in [-0.25, -0.2) is 0 Å². The zero-order chi connectivity index (χ0) is 18.0. The Bertz CT molecular complexity index is 788. The second-order valence-corrected chi connectivity index (χ2v) is 6.96. The van der Waals surface area contributed by atoms with E-state index in [-0.39, 0.29) is 5.91 Å². The maximum Gasteiger partial charge on any atom is 0.238 e. The van der Waals surface area contributed by atoms with Crippen molar-refractivity contribution in [1.29, 1.82) is 0 Å². The quantitative estimate of drug-likeness (QED) is 0.804. The highest BCUT2D eigenvalue weighted by Gasteiger charge is 2.47. The van der Waals surface area contributed by atoms with E-state index in [4.69, 9.17) is 16.3 Å². The Kier molecular flexibility index (Phi) is 4.97. The van der Waals surface area contributed by atoms with E-state index in [1.165, 1.54) is 12.7 Å². The van der Waals surface area contributed by atoms with Crippen molar-refractivity contribution >= 4 is 23.2 Å². The molecule has 1 saturated heterocycles. The van der Waals surface area contributed by atoms with Crippen molar-refractivity contribution in [3.05, 3.63) is 52.7 Å². The lowest BCUT2D eigenvalue weighted by Crippen LogP contribution is -2.63. The first-order valence-corrected chi connectivity index (χ1v) is 8.68. The maximum absolute atomic E-state index is 13.2. The molecule has 5 nitrogen and oxygen atoms in total. The largest absolute Gasteiger partial charge is 0.479 e. The molecule has 1 aliphatic heterocycles. The number of nitrogens with one attached hydrogen (secondary N) is 2. The predicted molar refractivity (Wildman–Crippen MR) is 99.5 cm³/mol. The topological polar surface area (TPSA) is 63.2 Å². The minimum absolute atomic E-state index is 0.0678. The second kappa shape index (κ2) is 7.02. The van der Waals surface area contributed by atoms with Crippen LogP contribution in [0.3, 0.4) is 0 Å². The third-order valence-electron chi connectivity index (χ3n) is 4.65. The zero-order valence-corrected chi connectivity index (χ0v) is 15.4. The van der Waals surface area contributed by atoms with Crippen molar-refractivity contribution in [2.45, 2.75) is 25.2 Å². The highest BCUT2D eigenvalue weighted by Crippen LogP contribution is 2.36. The van der Waals surface area contributed by atoms with E-state index in [1.807, 2.05) is 18.2 Å². The van der Waals surface area contributed by atoms with Crippen molar-refractivity contribution in [3.8, 4) is 5.88 Å². The molecule has 1 aliphatic rings. The molecule has 0 spiro atoms. The Morgan fingerprint density at radius 1 is 1.28 bits per heavy atom. The lowest BCUT2D eigenvalue weighted by Gasteiger charge is -2.43. The summed E-state index contributed by atoms with van der Waals surface area (Å²) >= 11 is 5.90. The smallest absolute Gasteiger partial charge is 0.238 e. The molecule has 25 heavy (non-hydrogen) atoms. The summed E-state index contributed by atoms with van der Waals surface area (Å²) in [6, 6.07) is 11.5. The molecule has 0 aliphatic carbocycles. The lowest BCUT2D eigenvalue weighted by atomic mass is 9.71. The Balaban J connectivity index is 1.95. The van der Waals surface area contributed by atoms with Crippen LogP contribution in [-0.4, -0.2) is 31.1 Å². The van der Waals surface area contributed by atoms with Gasteiger partial charge >= 0.3 is 0 Å². The zero-order valence-electron chi connectivity index (χ0n) is 14.6. The summed E-state index contributed by atoms with van der Waals surface area (Å²) in [7, 11) is 1.50. The van der Waals surface area contributed by atoms with Gasteiger partial charge in [0.15, 0.2) is 0 Å². The highest BCUT2D eigenvalue weighted by molar-refractivity contribution is 6.29. The van der Waals surface area contributed by atoms with Gasteiger partial charge in [0.2, 0.25) is 11.8 Å². The van der Waals surface area contributed by atoms with Crippen molar-refractivity contribution in [1.82, 2.24) is 10.3 Å². The van der Waals surface area contributed by atoms with E-state index in [0.29, 0.717) is 35.7 Å². The van der Waals surface area contributed by atoms with E-state index in [2.05, 4.69) is 35.5 Å². The molecule has 0 atom stereocenters. The van der Waals surface area contributed by atoms with Crippen LogP contribution in [0, 0.1) is 0 Å². The second-order valence-electron chi connectivity index (χ2n) is 6.57. The molecular formula is C19H22ClN3O2. The summed E-state index contributed by atoms with van der Waals surface area (Å²) in [5, 5.41) is 6.53. The van der Waals surface area contributed by atoms with Gasteiger partial charge in [-0.15, -0.1) is 0 Å². The predicted octanol–water partition coefficient (Wildman–Crippen LogP) is 3.35. The monoisotopic (exact) mass is 359 g/mol. The number of anilines is 1. The number of methoxy groups -OCH3 is 1. The van der Waals surface area contributed by atoms with E-state index in [0.717, 1.165) is 5.56 Å². The van der Waals surface area contributed by atoms with Crippen molar-refractivity contribution in [2.75, 3.05) is 25.5 Å². The van der Waals surface area contributed by atoms with Gasteiger partial charge in [-0.05, 0) is 29.2 Å². The fourth-order valence-corrected chi connectivity index (χ4v) is 3.33. The Labute approximate surface area is 152 Å². The van der Waals surface area contributed by atoms with Gasteiger partial charge in [-0.2, -0.15) is 4.98 Å². The van der Waals surface area contributed by atoms with E-state index < -0.39 is 5.41 Å². The van der Waals surface area contributed by atoms with Crippen molar-refractivity contribution in [2.24, 2.45) is 0 Å². The Hall–Kier alpha value is -2.11. The molecule has 0 radical (unpaired) electrons. The molecule has 1 amide bonds. The number of pyridine rings is 1. The SMILES string of the molecule is COc1nc(Cl)ccc1NC(=O)C1(c2ccccc2C(C)C)CNC1. The molecule has 2 heterocycles. The summed E-state index contributed by atoms with van der Waals surface area (Å²) in [4.78, 5) is 17.3. The molecule has 2 aromatic rings. The van der Waals surface area contributed by atoms with Crippen LogP contribution in [0.1, 0.15) is 30.9 Å². The standard InChI is InChI=1S/C19H22ClN3O2/c1-12(2)13-6-4-5-7-14(13)19(10-21-11-19)18(24)22-15-8-9-16(20)23-17(15)25-3/h4-9,12,21H,10-11H2,1-3H3,(H,22,24). The van der Waals surface area contributed by atoms with Crippen LogP contribution >= 0.6 is 11.6 Å². The molecule has 0 unspecified atom stereocenters. The van der Waals surface area contributed by atoms with Gasteiger partial charge in [0.05, 0.1) is 12.5 Å². The highest BCUT2D eigenvalue weighted by atomic mass is 35.5. The number of aromatic nitrogens is 1. The number of amides is 1. The van der Waals surface area contributed by atoms with Crippen LogP contribution in [0.15, 0.2) is 36.4 Å². The summed E-state index contributed by atoms with van der Waals surface area (Å²) in [6.07, 6.45) is 0. The van der Waals surface area contributed by atoms with Crippen LogP contribution in [-0.2, 0) is 10.2 Å². The van der Waals surface area contributed by atoms with Crippen molar-refractivity contribution < 1.29 is 9.53 Å². The number of hydrogen-bond donors (Lipinski definition) is 2. The molecule has 1 aromatic heterocycles. The van der Waals surface area contributed by atoms with E-state index >= 15 is 0 Å². The van der Waals surface area contributed by atoms with Gasteiger partial charge in [0.1, 0.15) is 10.8 Å². The first-order valence-electron chi connectivity index (χ1n) is 8.30. The number of ether oxygens (including phenoxy) is 1. The summed E-state index contributed by atoms with van der Waals surface area (Å²) < 4.78 is 5.23. The van der Waals surface area contributed by atoms with E-state index in [1.54, 1.807) is 12.1 Å². The number of hydrogen-bond acceptors (Lipinski definition) is 4. The number of nitrogens with zero attached hydrogens (tertiary/aromatic N) is 1. The molecule has 3 rings (SSSR count). The lowest BCUT2D eigenvalue weighted by molar-refractivity contribution is -0.123. The molecule has 1 fully saturated rings. The van der Waals surface area contributed by atoms with Crippen LogP contribution < -0.4 is 15.4 Å². The summed E-state index contributed by atoms with van der Waals surface area (Å²) in [5.41, 5.74) is 2.19. The fraction of sp³-hybridized carbons (Fsp3) is 0.368. The van der Waals surface area contributed by atoms with Crippen LogP contribution in [0.2, 0.25) is 5.15 Å². The minimum atomic E-state index is -0.592. The van der Waals surface area contributed by atoms with Crippen LogP contribution in [0.4, 0.5) is 5.69 Å². The van der Waals surface area contributed by atoms with Crippen LogP contribution in [0.25, 0.3) is 0 Å². The number of rotatable bonds is 5. The molecule has 2 N–H and O–H groups in total. The van der Waals surface area contributed by atoms with Gasteiger partial charge in [-0.3, -0.25) is 4.79 Å². The molecule has 0 bridgehead atoms. The summed E-state index contributed by atoms with van der Waals surface area (Å²) in [5.74, 6) is 0.579. The van der Waals surface area contributed by atoms with Gasteiger partial charge < -0.3 is 15.4 Å². The maximum atomic E-state index is 13.2. The van der Waals surface area contributed by atoms with Gasteiger partial charge in [0, 0.05) is 13.1 Å². The Morgan fingerprint density at radius 3 is 2.60 bits per heavy atom. The number of carbonyl (C=O) groups is 1. The average Bonchev–Trinajstić information content (AvgIpc) is 2.55. The summed E-state index contributed by atoms with van der Waals surface area (Å²) in [6.45, 7) is 5.49. The Morgan fingerprint density at radius 2 is 2.00 bits per heavy atom. The first kappa shape index (κ1) is 17.7. The van der Waals surface area contributed by atoms with Gasteiger partial charge in [-0.1, -0.05) is 49.7 Å². The third-order valence-corrected chi connectivity index (χ3v) is 4.86. The molecule has 1 aromatic carbocycles. The van der Waals surface area contributed by atoms with E-state index in [9.17, 15) is 4.79 Å². The van der Waals surface area contributed by atoms with Gasteiger partial charge in [0.25, 0.3) is 0 Å². The number of carbonyl (C=O) groups excluding carboxylic acids is 1. The molecule has 132 valence electrons. The third kappa shape index (κ3) is 3.22. The normalized spacial score (nSPS) is 15.6. The molecule has 6 heteroatoms. The number of halogens is 1. The number of benzene rings is 1. The van der Waals surface area contributed by atoms with Crippen LogP contribution in [0.5, 0.6) is 5.88 Å². The van der Waals surface area contributed by atoms with Crippen molar-refractivity contribution in [3.63, 3.8) is 0 Å². The first-order chi connectivity index (χ1) is 12.0. The molecular weight excluding hydrogens is 338 g/mol. The molecule has 0 saturated carbocycles. The minimum Gasteiger partial charge on any atom is -0.479 e.